The number of aromatic carboxylic acids is 1. The molecule has 108 valence electrons. The minimum atomic E-state index is -1.40. The van der Waals surface area contributed by atoms with Crippen LogP contribution in [-0.2, 0) is 4.79 Å². The first-order chi connectivity index (χ1) is 9.97. The summed E-state index contributed by atoms with van der Waals surface area (Å²) in [5, 5.41) is 21.4. The Morgan fingerprint density at radius 3 is 2.67 bits per heavy atom. The Hall–Kier alpha value is -3.01. The van der Waals surface area contributed by atoms with Crippen molar-refractivity contribution in [1.82, 2.24) is 9.36 Å². The molecule has 2 rings (SSSR count). The first kappa shape index (κ1) is 14.4. The highest BCUT2D eigenvalue weighted by Crippen LogP contribution is 2.14. The molecule has 0 radical (unpaired) electrons. The quantitative estimate of drug-likeness (QED) is 0.539. The average Bonchev–Trinajstić information content (AvgIpc) is 2.85. The molecule has 0 spiro atoms. The summed E-state index contributed by atoms with van der Waals surface area (Å²) in [7, 11) is 0. The molecule has 10 heteroatoms. The molecule has 1 heterocycles. The van der Waals surface area contributed by atoms with Gasteiger partial charge in [0.15, 0.2) is 10.9 Å². The number of aromatic nitrogens is 2. The number of benzene rings is 1. The number of hydrogen-bond donors (Lipinski definition) is 3. The van der Waals surface area contributed by atoms with Gasteiger partial charge in [-0.3, -0.25) is 0 Å². The molecular weight excluding hydrogens is 300 g/mol. The van der Waals surface area contributed by atoms with Gasteiger partial charge in [0, 0.05) is 11.5 Å². The lowest BCUT2D eigenvalue weighted by Gasteiger charge is -2.01. The second kappa shape index (κ2) is 5.96. The molecule has 2 aromatic rings. The molecular formula is C11H8N4O5S. The fourth-order valence-electron chi connectivity index (χ4n) is 1.29. The molecule has 1 aromatic heterocycles. The highest BCUT2D eigenvalue weighted by Gasteiger charge is 2.19. The molecule has 0 aliphatic rings. The van der Waals surface area contributed by atoms with E-state index in [9.17, 15) is 9.59 Å². The van der Waals surface area contributed by atoms with Gasteiger partial charge in [0.1, 0.15) is 0 Å². The number of nitrogen functional groups attached to an aromatic ring is 1. The standard InChI is InChI=1S/C11H8N4O5S/c12-11-13-8(15-21-11)7(10(18)19)14-20-6-3-1-2-5(4-6)9(16)17/h1-4H,(H,16,17)(H,18,19)(H2,12,13,15). The maximum Gasteiger partial charge on any atom is 0.362 e. The Bertz CT molecular complexity index is 727. The van der Waals surface area contributed by atoms with E-state index in [0.29, 0.717) is 0 Å². The van der Waals surface area contributed by atoms with Gasteiger partial charge in [-0.1, -0.05) is 11.2 Å². The van der Waals surface area contributed by atoms with Gasteiger partial charge in [-0.05, 0) is 18.2 Å². The molecule has 0 amide bonds. The van der Waals surface area contributed by atoms with E-state index >= 15 is 0 Å². The van der Waals surface area contributed by atoms with Gasteiger partial charge < -0.3 is 20.8 Å². The first-order valence-corrected chi connectivity index (χ1v) is 6.16. The third-order valence-corrected chi connectivity index (χ3v) is 2.72. The van der Waals surface area contributed by atoms with Crippen molar-refractivity contribution in [2.75, 3.05) is 5.73 Å². The van der Waals surface area contributed by atoms with Crippen LogP contribution in [0.4, 0.5) is 5.13 Å². The minimum Gasteiger partial charge on any atom is -0.478 e. The summed E-state index contributed by atoms with van der Waals surface area (Å²) in [6, 6.07) is 5.43. The van der Waals surface area contributed by atoms with Crippen molar-refractivity contribution >= 4 is 34.3 Å². The molecule has 0 atom stereocenters. The number of carbonyl (C=O) groups is 2. The normalized spacial score (nSPS) is 11.1. The Kier molecular flexibility index (Phi) is 4.09. The summed E-state index contributed by atoms with van der Waals surface area (Å²) in [6.07, 6.45) is 0. The van der Waals surface area contributed by atoms with Gasteiger partial charge in [0.25, 0.3) is 0 Å². The van der Waals surface area contributed by atoms with Crippen molar-refractivity contribution < 1.29 is 24.6 Å². The van der Waals surface area contributed by atoms with Gasteiger partial charge >= 0.3 is 11.9 Å². The maximum absolute atomic E-state index is 11.1. The van der Waals surface area contributed by atoms with Crippen molar-refractivity contribution in [3.05, 3.63) is 35.7 Å². The van der Waals surface area contributed by atoms with E-state index in [-0.39, 0.29) is 22.3 Å². The third kappa shape index (κ3) is 3.51. The van der Waals surface area contributed by atoms with Crippen LogP contribution in [0.15, 0.2) is 29.4 Å². The van der Waals surface area contributed by atoms with Crippen LogP contribution in [0.1, 0.15) is 16.2 Å². The van der Waals surface area contributed by atoms with E-state index < -0.39 is 17.7 Å². The molecule has 0 saturated heterocycles. The molecule has 0 fully saturated rings. The van der Waals surface area contributed by atoms with Crippen molar-refractivity contribution in [3.8, 4) is 5.75 Å². The zero-order chi connectivity index (χ0) is 15.4. The SMILES string of the molecule is Nc1nc(C(=NOc2cccc(C(=O)O)c2)C(=O)O)ns1. The van der Waals surface area contributed by atoms with Crippen LogP contribution < -0.4 is 10.6 Å². The van der Waals surface area contributed by atoms with Gasteiger partial charge in [0.2, 0.25) is 11.5 Å². The van der Waals surface area contributed by atoms with Crippen LogP contribution in [0.5, 0.6) is 5.75 Å². The Labute approximate surface area is 121 Å². The van der Waals surface area contributed by atoms with E-state index in [4.69, 9.17) is 20.8 Å². The molecule has 0 aliphatic heterocycles. The predicted octanol–water partition coefficient (Wildman–Crippen LogP) is 0.686. The maximum atomic E-state index is 11.1. The number of oxime groups is 1. The lowest BCUT2D eigenvalue weighted by atomic mass is 10.2. The first-order valence-electron chi connectivity index (χ1n) is 5.38. The van der Waals surface area contributed by atoms with E-state index in [1.807, 2.05) is 0 Å². The van der Waals surface area contributed by atoms with Crippen LogP contribution in [0.2, 0.25) is 0 Å². The minimum absolute atomic E-state index is 0.0180. The second-order valence-corrected chi connectivity index (χ2v) is 4.41. The zero-order valence-electron chi connectivity index (χ0n) is 10.3. The average molecular weight is 308 g/mol. The Morgan fingerprint density at radius 2 is 2.10 bits per heavy atom. The van der Waals surface area contributed by atoms with Gasteiger partial charge in [0.05, 0.1) is 5.56 Å². The summed E-state index contributed by atoms with van der Waals surface area (Å²) in [4.78, 5) is 30.5. The zero-order valence-corrected chi connectivity index (χ0v) is 11.1. The van der Waals surface area contributed by atoms with Gasteiger partial charge in [-0.15, -0.1) is 0 Å². The predicted molar refractivity (Wildman–Crippen MR) is 72.5 cm³/mol. The molecule has 9 nitrogen and oxygen atoms in total. The number of nitrogens with zero attached hydrogens (tertiary/aromatic N) is 3. The fraction of sp³-hybridized carbons (Fsp3) is 0. The molecule has 1 aromatic carbocycles. The van der Waals surface area contributed by atoms with E-state index in [1.165, 1.54) is 24.3 Å². The Morgan fingerprint density at radius 1 is 1.33 bits per heavy atom. The topological polar surface area (TPSA) is 148 Å². The van der Waals surface area contributed by atoms with Crippen LogP contribution in [-0.4, -0.2) is 37.2 Å². The van der Waals surface area contributed by atoms with Crippen LogP contribution >= 0.6 is 11.5 Å². The smallest absolute Gasteiger partial charge is 0.362 e. The number of carboxylic acids is 2. The van der Waals surface area contributed by atoms with Crippen LogP contribution in [0, 0.1) is 0 Å². The number of rotatable bonds is 5. The number of hydrogen-bond acceptors (Lipinski definition) is 8. The van der Waals surface area contributed by atoms with Crippen LogP contribution in [0.3, 0.4) is 0 Å². The molecule has 0 bridgehead atoms. The molecule has 0 unspecified atom stereocenters. The van der Waals surface area contributed by atoms with E-state index in [0.717, 1.165) is 11.5 Å². The highest BCUT2D eigenvalue weighted by molar-refractivity contribution is 7.09. The second-order valence-electron chi connectivity index (χ2n) is 3.63. The van der Waals surface area contributed by atoms with Gasteiger partial charge in [-0.2, -0.15) is 9.36 Å². The lowest BCUT2D eigenvalue weighted by Crippen LogP contribution is -2.17. The number of aliphatic carboxylic acids is 1. The lowest BCUT2D eigenvalue weighted by molar-refractivity contribution is -0.129. The highest BCUT2D eigenvalue weighted by atomic mass is 32.1. The van der Waals surface area contributed by atoms with Gasteiger partial charge in [-0.25, -0.2) is 9.59 Å². The monoisotopic (exact) mass is 308 g/mol. The van der Waals surface area contributed by atoms with E-state index in [2.05, 4.69) is 14.5 Å². The third-order valence-electron chi connectivity index (χ3n) is 2.18. The summed E-state index contributed by atoms with van der Waals surface area (Å²) in [6.45, 7) is 0. The molecule has 0 saturated carbocycles. The summed E-state index contributed by atoms with van der Waals surface area (Å²) >= 11 is 0.817. The van der Waals surface area contributed by atoms with Crippen molar-refractivity contribution in [2.45, 2.75) is 0 Å². The number of nitrogens with two attached hydrogens (primary N) is 1. The number of anilines is 1. The summed E-state index contributed by atoms with van der Waals surface area (Å²) in [5.74, 6) is -2.66. The van der Waals surface area contributed by atoms with Crippen molar-refractivity contribution in [2.24, 2.45) is 5.16 Å². The molecule has 21 heavy (non-hydrogen) atoms. The van der Waals surface area contributed by atoms with Crippen LogP contribution in [0.25, 0.3) is 0 Å². The fourth-order valence-corrected chi connectivity index (χ4v) is 1.73. The summed E-state index contributed by atoms with van der Waals surface area (Å²) < 4.78 is 3.72. The largest absolute Gasteiger partial charge is 0.478 e. The van der Waals surface area contributed by atoms with Crippen molar-refractivity contribution in [1.29, 1.82) is 0 Å². The summed E-state index contributed by atoms with van der Waals surface area (Å²) in [5.41, 5.74) is 4.81. The van der Waals surface area contributed by atoms with Crippen molar-refractivity contribution in [3.63, 3.8) is 0 Å². The Balaban J connectivity index is 2.26. The molecule has 4 N–H and O–H groups in total. The van der Waals surface area contributed by atoms with E-state index in [1.54, 1.807) is 0 Å². The number of carboxylic acid groups (broad SMARTS) is 2. The molecule has 0 aliphatic carbocycles.